The Morgan fingerprint density at radius 2 is 1.95 bits per heavy atom. The second kappa shape index (κ2) is 5.97. The van der Waals surface area contributed by atoms with E-state index >= 15 is 0 Å². The zero-order chi connectivity index (χ0) is 13.8. The number of furan rings is 1. The first-order valence-electron chi connectivity index (χ1n) is 6.72. The van der Waals surface area contributed by atoms with Crippen LogP contribution in [0.5, 0.6) is 0 Å². The van der Waals surface area contributed by atoms with E-state index in [1.165, 1.54) is 5.56 Å². The van der Waals surface area contributed by atoms with Gasteiger partial charge in [-0.2, -0.15) is 0 Å². The first kappa shape index (κ1) is 13.7. The van der Waals surface area contributed by atoms with E-state index in [9.17, 15) is 0 Å². The minimum Gasteiger partial charge on any atom is -0.472 e. The fraction of sp³-hybridized carbons (Fsp3) is 0.467. The third-order valence-corrected chi connectivity index (χ3v) is 3.30. The van der Waals surface area contributed by atoms with Gasteiger partial charge in [-0.25, -0.2) is 9.97 Å². The Morgan fingerprint density at radius 1 is 1.26 bits per heavy atom. The van der Waals surface area contributed by atoms with Crippen LogP contribution in [0.4, 0.5) is 0 Å². The molecule has 2 rings (SSSR count). The summed E-state index contributed by atoms with van der Waals surface area (Å²) in [6.07, 6.45) is 3.32. The molecular formula is C15H21N3O. The van der Waals surface area contributed by atoms with E-state index in [2.05, 4.69) is 43.0 Å². The maximum atomic E-state index is 5.09. The van der Waals surface area contributed by atoms with Gasteiger partial charge in [-0.3, -0.25) is 0 Å². The van der Waals surface area contributed by atoms with Crippen molar-refractivity contribution in [2.24, 2.45) is 0 Å². The molecule has 0 saturated heterocycles. The number of hydrogen-bond donors (Lipinski definition) is 1. The number of aryl methyl sites for hydroxylation is 2. The summed E-state index contributed by atoms with van der Waals surface area (Å²) in [6.45, 7) is 10.4. The Balaban J connectivity index is 2.32. The van der Waals surface area contributed by atoms with Crippen molar-refractivity contribution in [2.75, 3.05) is 13.1 Å². The Kier molecular flexibility index (Phi) is 4.32. The second-order valence-electron chi connectivity index (χ2n) is 4.85. The lowest BCUT2D eigenvalue weighted by molar-refractivity contribution is 0.568. The van der Waals surface area contributed by atoms with E-state index in [1.807, 2.05) is 6.07 Å². The molecule has 0 aliphatic heterocycles. The minimum atomic E-state index is 0.415. The van der Waals surface area contributed by atoms with Crippen molar-refractivity contribution >= 4 is 0 Å². The van der Waals surface area contributed by atoms with Gasteiger partial charge in [0.15, 0.2) is 5.82 Å². The lowest BCUT2D eigenvalue weighted by Gasteiger charge is -2.17. The predicted octanol–water partition coefficient (Wildman–Crippen LogP) is 3.07. The van der Waals surface area contributed by atoms with Gasteiger partial charge in [0.1, 0.15) is 6.26 Å². The van der Waals surface area contributed by atoms with Gasteiger partial charge >= 0.3 is 0 Å². The average molecular weight is 259 g/mol. The largest absolute Gasteiger partial charge is 0.472 e. The van der Waals surface area contributed by atoms with E-state index in [0.29, 0.717) is 5.92 Å². The summed E-state index contributed by atoms with van der Waals surface area (Å²) >= 11 is 0. The molecule has 1 unspecified atom stereocenters. The number of nitrogens with zero attached hydrogens (tertiary/aromatic N) is 2. The second-order valence-corrected chi connectivity index (χ2v) is 4.85. The summed E-state index contributed by atoms with van der Waals surface area (Å²) in [7, 11) is 0. The zero-order valence-electron chi connectivity index (χ0n) is 12.0. The normalized spacial score (nSPS) is 12.6. The zero-order valence-corrected chi connectivity index (χ0v) is 12.0. The number of aromatic nitrogens is 2. The molecule has 4 heteroatoms. The molecule has 2 aromatic rings. The van der Waals surface area contributed by atoms with Gasteiger partial charge in [0.05, 0.1) is 11.8 Å². The van der Waals surface area contributed by atoms with Crippen LogP contribution in [0.3, 0.4) is 0 Å². The van der Waals surface area contributed by atoms with E-state index in [-0.39, 0.29) is 0 Å². The number of rotatable bonds is 5. The van der Waals surface area contributed by atoms with Gasteiger partial charge in [0, 0.05) is 17.9 Å². The molecule has 0 fully saturated rings. The fourth-order valence-corrected chi connectivity index (χ4v) is 2.42. The lowest BCUT2D eigenvalue weighted by Crippen LogP contribution is -2.21. The molecule has 1 N–H and O–H groups in total. The van der Waals surface area contributed by atoms with Crippen LogP contribution in [-0.2, 0) is 0 Å². The molecule has 19 heavy (non-hydrogen) atoms. The highest BCUT2D eigenvalue weighted by Crippen LogP contribution is 2.24. The summed E-state index contributed by atoms with van der Waals surface area (Å²) in [6, 6.07) is 1.88. The van der Waals surface area contributed by atoms with Crippen LogP contribution in [-0.4, -0.2) is 23.1 Å². The smallest absolute Gasteiger partial charge is 0.162 e. The van der Waals surface area contributed by atoms with Crippen molar-refractivity contribution in [1.82, 2.24) is 15.3 Å². The number of likely N-dealkylation sites (N-methyl/N-ethyl adjacent to an activating group) is 1. The average Bonchev–Trinajstić information content (AvgIpc) is 2.89. The molecule has 0 radical (unpaired) electrons. The Hall–Kier alpha value is -1.68. The standard InChI is InChI=1S/C15H21N3O/c1-5-16-8-10(2)14-11(3)17-15(18-12(14)4)13-6-7-19-9-13/h6-7,9-10,16H,5,8H2,1-4H3. The Bertz CT molecular complexity index is 511. The molecule has 0 saturated carbocycles. The first-order valence-corrected chi connectivity index (χ1v) is 6.72. The fourth-order valence-electron chi connectivity index (χ4n) is 2.42. The maximum Gasteiger partial charge on any atom is 0.162 e. The highest BCUT2D eigenvalue weighted by Gasteiger charge is 2.15. The van der Waals surface area contributed by atoms with E-state index in [0.717, 1.165) is 35.9 Å². The van der Waals surface area contributed by atoms with Gasteiger partial charge in [0.2, 0.25) is 0 Å². The van der Waals surface area contributed by atoms with Crippen molar-refractivity contribution < 1.29 is 4.42 Å². The highest BCUT2D eigenvalue weighted by molar-refractivity contribution is 5.53. The van der Waals surface area contributed by atoms with Crippen molar-refractivity contribution in [3.63, 3.8) is 0 Å². The first-order chi connectivity index (χ1) is 9.13. The summed E-state index contributed by atoms with van der Waals surface area (Å²) in [5, 5.41) is 3.37. The minimum absolute atomic E-state index is 0.415. The van der Waals surface area contributed by atoms with Crippen LogP contribution < -0.4 is 5.32 Å². The molecule has 1 atom stereocenters. The quantitative estimate of drug-likeness (QED) is 0.896. The molecule has 2 heterocycles. The topological polar surface area (TPSA) is 51.0 Å². The lowest BCUT2D eigenvalue weighted by atomic mass is 9.98. The molecule has 0 amide bonds. The molecule has 2 aromatic heterocycles. The van der Waals surface area contributed by atoms with E-state index < -0.39 is 0 Å². The maximum absolute atomic E-state index is 5.09. The Morgan fingerprint density at radius 3 is 2.47 bits per heavy atom. The van der Waals surface area contributed by atoms with Crippen LogP contribution in [0.2, 0.25) is 0 Å². The van der Waals surface area contributed by atoms with Gasteiger partial charge in [-0.15, -0.1) is 0 Å². The van der Waals surface area contributed by atoms with Crippen molar-refractivity contribution in [3.8, 4) is 11.4 Å². The van der Waals surface area contributed by atoms with Crippen LogP contribution in [0.15, 0.2) is 23.0 Å². The van der Waals surface area contributed by atoms with Crippen LogP contribution >= 0.6 is 0 Å². The monoisotopic (exact) mass is 259 g/mol. The van der Waals surface area contributed by atoms with Gasteiger partial charge in [-0.1, -0.05) is 13.8 Å². The number of hydrogen-bond acceptors (Lipinski definition) is 4. The summed E-state index contributed by atoms with van der Waals surface area (Å²) in [5.74, 6) is 1.15. The summed E-state index contributed by atoms with van der Waals surface area (Å²) < 4.78 is 5.09. The highest BCUT2D eigenvalue weighted by atomic mass is 16.3. The number of nitrogens with one attached hydrogen (secondary N) is 1. The molecule has 0 aromatic carbocycles. The molecular weight excluding hydrogens is 238 g/mol. The molecule has 0 aliphatic rings. The summed E-state index contributed by atoms with van der Waals surface area (Å²) in [4.78, 5) is 9.21. The molecule has 102 valence electrons. The van der Waals surface area contributed by atoms with E-state index in [1.54, 1.807) is 12.5 Å². The molecule has 0 bridgehead atoms. The molecule has 0 spiro atoms. The van der Waals surface area contributed by atoms with Crippen molar-refractivity contribution in [2.45, 2.75) is 33.6 Å². The molecule has 0 aliphatic carbocycles. The Labute approximate surface area is 114 Å². The van der Waals surface area contributed by atoms with Gasteiger partial charge in [0.25, 0.3) is 0 Å². The predicted molar refractivity (Wildman–Crippen MR) is 76.2 cm³/mol. The third-order valence-electron chi connectivity index (χ3n) is 3.30. The summed E-state index contributed by atoms with van der Waals surface area (Å²) in [5.41, 5.74) is 4.27. The van der Waals surface area contributed by atoms with Gasteiger partial charge in [-0.05, 0) is 37.9 Å². The van der Waals surface area contributed by atoms with Crippen molar-refractivity contribution in [1.29, 1.82) is 0 Å². The third kappa shape index (κ3) is 3.01. The van der Waals surface area contributed by atoms with Crippen LogP contribution in [0.25, 0.3) is 11.4 Å². The van der Waals surface area contributed by atoms with Gasteiger partial charge < -0.3 is 9.73 Å². The van der Waals surface area contributed by atoms with Crippen LogP contribution in [0, 0.1) is 13.8 Å². The molecule has 4 nitrogen and oxygen atoms in total. The van der Waals surface area contributed by atoms with E-state index in [4.69, 9.17) is 4.42 Å². The SMILES string of the molecule is CCNCC(C)c1c(C)nc(-c2ccoc2)nc1C. The van der Waals surface area contributed by atoms with Crippen molar-refractivity contribution in [3.05, 3.63) is 35.5 Å². The van der Waals surface area contributed by atoms with Crippen LogP contribution in [0.1, 0.15) is 36.7 Å².